The molecule has 3 N–H and O–H groups in total. The largest absolute Gasteiger partial charge is 0.518 e. The molecule has 0 saturated heterocycles. The summed E-state index contributed by atoms with van der Waals surface area (Å²) in [7, 11) is 2.22. The van der Waals surface area contributed by atoms with Gasteiger partial charge >= 0.3 is 8.80 Å². The van der Waals surface area contributed by atoms with Crippen molar-refractivity contribution in [3.63, 3.8) is 0 Å². The van der Waals surface area contributed by atoms with Crippen molar-refractivity contribution >= 4 is 8.80 Å². The molecule has 0 bridgehead atoms. The molecule has 0 amide bonds. The Labute approximate surface area is 93.6 Å². The predicted molar refractivity (Wildman–Crippen MR) is 62.3 cm³/mol. The monoisotopic (exact) mass is 236 g/mol. The molecule has 6 heteroatoms. The van der Waals surface area contributed by atoms with E-state index in [0.29, 0.717) is 0 Å². The molecule has 0 aromatic heterocycles. The van der Waals surface area contributed by atoms with Crippen molar-refractivity contribution in [3.8, 4) is 0 Å². The highest BCUT2D eigenvalue weighted by molar-refractivity contribution is 6.62. The molecular weight excluding hydrogens is 212 g/mol. The first kappa shape index (κ1) is 15.0. The lowest BCUT2D eigenvalue weighted by atomic mass is 10.3. The van der Waals surface area contributed by atoms with Crippen LogP contribution in [0, 0.1) is 0 Å². The SMILES string of the molecule is CCC(N)NC(CC)[Si](OC)(OC)OC. The van der Waals surface area contributed by atoms with E-state index in [4.69, 9.17) is 19.0 Å². The fourth-order valence-electron chi connectivity index (χ4n) is 1.52. The Kier molecular flexibility index (Phi) is 7.32. The average Bonchev–Trinajstić information content (AvgIpc) is 2.29. The maximum Gasteiger partial charge on any atom is 0.518 e. The molecule has 0 aliphatic carbocycles. The summed E-state index contributed by atoms with van der Waals surface area (Å²) >= 11 is 0. The van der Waals surface area contributed by atoms with Gasteiger partial charge in [-0.3, -0.25) is 5.32 Å². The molecule has 0 aliphatic rings. The van der Waals surface area contributed by atoms with E-state index in [1.54, 1.807) is 21.3 Å². The number of hydrogen-bond acceptors (Lipinski definition) is 5. The molecule has 2 unspecified atom stereocenters. The van der Waals surface area contributed by atoms with Gasteiger partial charge in [-0.05, 0) is 12.8 Å². The fourth-order valence-corrected chi connectivity index (χ4v) is 3.79. The van der Waals surface area contributed by atoms with Gasteiger partial charge in [-0.2, -0.15) is 0 Å². The van der Waals surface area contributed by atoms with Gasteiger partial charge in [-0.1, -0.05) is 13.8 Å². The molecule has 0 spiro atoms. The van der Waals surface area contributed by atoms with Gasteiger partial charge < -0.3 is 19.0 Å². The second-order valence-corrected chi connectivity index (χ2v) is 6.49. The van der Waals surface area contributed by atoms with Crippen molar-refractivity contribution in [2.45, 2.75) is 38.5 Å². The van der Waals surface area contributed by atoms with E-state index < -0.39 is 8.80 Å². The smallest absolute Gasteiger partial charge is 0.376 e. The van der Waals surface area contributed by atoms with Crippen LogP contribution in [0.15, 0.2) is 0 Å². The van der Waals surface area contributed by atoms with Crippen molar-refractivity contribution in [2.75, 3.05) is 21.3 Å². The van der Waals surface area contributed by atoms with Gasteiger partial charge in [0.2, 0.25) is 0 Å². The molecule has 2 atom stereocenters. The standard InChI is InChI=1S/C9H24N2O3Si/c1-6-8(10)11-9(7-2)15(12-3,13-4)14-5/h8-9,11H,6-7,10H2,1-5H3. The molecule has 0 rings (SSSR count). The van der Waals surface area contributed by atoms with E-state index in [2.05, 4.69) is 12.2 Å². The van der Waals surface area contributed by atoms with Gasteiger partial charge in [0.25, 0.3) is 0 Å². The first-order chi connectivity index (χ1) is 7.10. The molecule has 0 aromatic rings. The molecule has 5 nitrogen and oxygen atoms in total. The zero-order valence-electron chi connectivity index (χ0n) is 10.4. The molecular formula is C9H24N2O3Si. The van der Waals surface area contributed by atoms with Crippen molar-refractivity contribution in [1.82, 2.24) is 5.32 Å². The van der Waals surface area contributed by atoms with Crippen LogP contribution in [0.2, 0.25) is 0 Å². The van der Waals surface area contributed by atoms with Crippen LogP contribution in [0.5, 0.6) is 0 Å². The van der Waals surface area contributed by atoms with E-state index in [0.717, 1.165) is 12.8 Å². The van der Waals surface area contributed by atoms with Crippen LogP contribution in [0.1, 0.15) is 26.7 Å². The highest BCUT2D eigenvalue weighted by Crippen LogP contribution is 2.15. The molecule has 0 heterocycles. The second-order valence-electron chi connectivity index (χ2n) is 3.36. The van der Waals surface area contributed by atoms with Gasteiger partial charge in [0.05, 0.1) is 11.8 Å². The summed E-state index contributed by atoms with van der Waals surface area (Å²) in [5.74, 6) is 0. The highest BCUT2D eigenvalue weighted by Gasteiger charge is 2.46. The van der Waals surface area contributed by atoms with E-state index in [9.17, 15) is 0 Å². The van der Waals surface area contributed by atoms with Crippen LogP contribution < -0.4 is 11.1 Å². The normalized spacial score (nSPS) is 16.4. The Morgan fingerprint density at radius 2 is 1.53 bits per heavy atom. The van der Waals surface area contributed by atoms with E-state index in [1.165, 1.54) is 0 Å². The maximum atomic E-state index is 5.85. The van der Waals surface area contributed by atoms with Crippen molar-refractivity contribution in [2.24, 2.45) is 5.73 Å². The van der Waals surface area contributed by atoms with Gasteiger partial charge in [-0.25, -0.2) is 0 Å². The van der Waals surface area contributed by atoms with E-state index in [-0.39, 0.29) is 11.8 Å². The van der Waals surface area contributed by atoms with Gasteiger partial charge in [0, 0.05) is 21.3 Å². The summed E-state index contributed by atoms with van der Waals surface area (Å²) in [4.78, 5) is 0. The zero-order valence-corrected chi connectivity index (χ0v) is 11.4. The maximum absolute atomic E-state index is 5.85. The Balaban J connectivity index is 4.58. The number of hydrogen-bond donors (Lipinski definition) is 2. The van der Waals surface area contributed by atoms with Crippen LogP contribution in [-0.2, 0) is 13.3 Å². The zero-order chi connectivity index (χ0) is 11.9. The minimum Gasteiger partial charge on any atom is -0.376 e. The van der Waals surface area contributed by atoms with Crippen LogP contribution in [0.3, 0.4) is 0 Å². The lowest BCUT2D eigenvalue weighted by Crippen LogP contribution is -2.63. The average molecular weight is 236 g/mol. The topological polar surface area (TPSA) is 65.7 Å². The molecule has 0 aromatic carbocycles. The minimum absolute atomic E-state index is 0.0347. The quantitative estimate of drug-likeness (QED) is 0.474. The molecule has 0 saturated carbocycles. The van der Waals surface area contributed by atoms with Crippen molar-refractivity contribution in [1.29, 1.82) is 0 Å². The Morgan fingerprint density at radius 1 is 1.07 bits per heavy atom. The minimum atomic E-state index is -2.62. The molecule has 0 radical (unpaired) electrons. The summed E-state index contributed by atoms with van der Waals surface area (Å²) in [5.41, 5.74) is 5.89. The predicted octanol–water partition coefficient (Wildman–Crippen LogP) is 0.467. The van der Waals surface area contributed by atoms with Crippen LogP contribution in [0.4, 0.5) is 0 Å². The summed E-state index contributed by atoms with van der Waals surface area (Å²) in [5, 5.41) is 3.27. The van der Waals surface area contributed by atoms with Crippen LogP contribution in [-0.4, -0.2) is 42.0 Å². The van der Waals surface area contributed by atoms with Crippen molar-refractivity contribution in [3.05, 3.63) is 0 Å². The Morgan fingerprint density at radius 3 is 1.80 bits per heavy atom. The lowest BCUT2D eigenvalue weighted by Gasteiger charge is -2.33. The number of nitrogens with two attached hydrogens (primary N) is 1. The second kappa shape index (κ2) is 7.32. The lowest BCUT2D eigenvalue weighted by molar-refractivity contribution is 0.104. The van der Waals surface area contributed by atoms with Gasteiger partial charge in [0.1, 0.15) is 0 Å². The first-order valence-corrected chi connectivity index (χ1v) is 7.07. The summed E-state index contributed by atoms with van der Waals surface area (Å²) < 4.78 is 16.2. The summed E-state index contributed by atoms with van der Waals surface area (Å²) in [6.45, 7) is 4.08. The highest BCUT2D eigenvalue weighted by atomic mass is 28.4. The van der Waals surface area contributed by atoms with Gasteiger partial charge in [0.15, 0.2) is 0 Å². The Hall–Kier alpha value is 0.0169. The molecule has 92 valence electrons. The van der Waals surface area contributed by atoms with Crippen LogP contribution in [0.25, 0.3) is 0 Å². The number of rotatable bonds is 8. The third kappa shape index (κ3) is 3.82. The number of nitrogens with one attached hydrogen (secondary N) is 1. The summed E-state index contributed by atoms with van der Waals surface area (Å²) in [6, 6.07) is 0. The van der Waals surface area contributed by atoms with E-state index >= 15 is 0 Å². The third-order valence-corrected chi connectivity index (χ3v) is 5.68. The fraction of sp³-hybridized carbons (Fsp3) is 1.00. The van der Waals surface area contributed by atoms with Crippen LogP contribution >= 0.6 is 0 Å². The Bertz CT molecular complexity index is 159. The molecule has 15 heavy (non-hydrogen) atoms. The van der Waals surface area contributed by atoms with Crippen molar-refractivity contribution < 1.29 is 13.3 Å². The van der Waals surface area contributed by atoms with E-state index in [1.807, 2.05) is 6.92 Å². The molecule has 0 aliphatic heterocycles. The molecule has 0 fully saturated rings. The van der Waals surface area contributed by atoms with Gasteiger partial charge in [-0.15, -0.1) is 0 Å². The third-order valence-electron chi connectivity index (χ3n) is 2.54. The summed E-state index contributed by atoms with van der Waals surface area (Å²) in [6.07, 6.45) is 1.66. The first-order valence-electron chi connectivity index (χ1n) is 5.27.